The van der Waals surface area contributed by atoms with Gasteiger partial charge in [-0.3, -0.25) is 19.6 Å². The number of hydrogen-bond acceptors (Lipinski definition) is 5. The molecule has 2 saturated heterocycles. The Morgan fingerprint density at radius 2 is 2.04 bits per heavy atom. The van der Waals surface area contributed by atoms with Crippen molar-refractivity contribution in [3.63, 3.8) is 0 Å². The van der Waals surface area contributed by atoms with Crippen molar-refractivity contribution in [3.8, 4) is 0 Å². The minimum Gasteiger partial charge on any atom is -0.481 e. The molecule has 3 aliphatic rings. The number of aryl methyl sites for hydroxylation is 1. The molecule has 2 fully saturated rings. The van der Waals surface area contributed by atoms with E-state index in [1.165, 1.54) is 0 Å². The third-order valence-corrected chi connectivity index (χ3v) is 6.23. The summed E-state index contributed by atoms with van der Waals surface area (Å²) in [5.74, 6) is -0.608. The fraction of sp³-hybridized carbons (Fsp3) is 0.737. The van der Waals surface area contributed by atoms with Crippen LogP contribution in [0.15, 0.2) is 0 Å². The molecule has 0 radical (unpaired) electrons. The predicted octanol–water partition coefficient (Wildman–Crippen LogP) is 0.926. The van der Waals surface area contributed by atoms with E-state index >= 15 is 0 Å². The zero-order valence-electron chi connectivity index (χ0n) is 15.7. The van der Waals surface area contributed by atoms with Crippen molar-refractivity contribution in [2.45, 2.75) is 44.6 Å². The molecule has 0 unspecified atom stereocenters. The Morgan fingerprint density at radius 1 is 1.22 bits per heavy atom. The number of likely N-dealkylation sites (tertiary alicyclic amines) is 1. The molecule has 1 aromatic heterocycles. The Bertz CT molecular complexity index is 698. The summed E-state index contributed by atoms with van der Waals surface area (Å²) in [6.07, 6.45) is 4.58. The zero-order chi connectivity index (χ0) is 18.8. The van der Waals surface area contributed by atoms with E-state index in [-0.39, 0.29) is 18.2 Å². The molecular weight excluding hydrogens is 348 g/mol. The molecule has 148 valence electrons. The largest absolute Gasteiger partial charge is 0.481 e. The molecule has 2 atom stereocenters. The van der Waals surface area contributed by atoms with Crippen molar-refractivity contribution in [1.82, 2.24) is 20.0 Å². The van der Waals surface area contributed by atoms with Gasteiger partial charge in [0.25, 0.3) is 5.91 Å². The second-order valence-corrected chi connectivity index (χ2v) is 7.83. The van der Waals surface area contributed by atoms with Gasteiger partial charge in [-0.05, 0) is 38.0 Å². The van der Waals surface area contributed by atoms with E-state index in [9.17, 15) is 9.59 Å². The Balaban J connectivity index is 1.47. The topological polar surface area (TPSA) is 98.8 Å². The highest BCUT2D eigenvalue weighted by atomic mass is 16.5. The van der Waals surface area contributed by atoms with Gasteiger partial charge in [-0.15, -0.1) is 0 Å². The van der Waals surface area contributed by atoms with Crippen LogP contribution in [0, 0.1) is 5.92 Å². The molecule has 1 aromatic rings. The van der Waals surface area contributed by atoms with Gasteiger partial charge in [0.05, 0.1) is 13.2 Å². The zero-order valence-corrected chi connectivity index (χ0v) is 15.7. The van der Waals surface area contributed by atoms with Crippen molar-refractivity contribution < 1.29 is 19.4 Å². The van der Waals surface area contributed by atoms with Gasteiger partial charge in [0.1, 0.15) is 0 Å². The molecule has 2 N–H and O–H groups in total. The summed E-state index contributed by atoms with van der Waals surface area (Å²) >= 11 is 0. The maximum absolute atomic E-state index is 13.1. The number of morpholine rings is 1. The normalized spacial score (nSPS) is 26.1. The van der Waals surface area contributed by atoms with Gasteiger partial charge >= 0.3 is 5.97 Å². The van der Waals surface area contributed by atoms with Crippen LogP contribution >= 0.6 is 0 Å². The Kier molecular flexibility index (Phi) is 5.45. The van der Waals surface area contributed by atoms with Crippen molar-refractivity contribution in [2.24, 2.45) is 5.92 Å². The summed E-state index contributed by atoms with van der Waals surface area (Å²) in [6.45, 7) is 4.53. The van der Waals surface area contributed by atoms with Gasteiger partial charge < -0.3 is 14.7 Å². The molecule has 8 heteroatoms. The van der Waals surface area contributed by atoms with Crippen LogP contribution < -0.4 is 0 Å². The molecule has 0 aromatic carbocycles. The van der Waals surface area contributed by atoms with Crippen LogP contribution in [0.4, 0.5) is 0 Å². The predicted molar refractivity (Wildman–Crippen MR) is 97.7 cm³/mol. The van der Waals surface area contributed by atoms with Crippen LogP contribution in [0.3, 0.4) is 0 Å². The number of amides is 1. The summed E-state index contributed by atoms with van der Waals surface area (Å²) < 4.78 is 5.46. The standard InChI is InChI=1S/C19H28N4O4/c24-17(25)5-4-13-12-23(7-6-16(13)22-8-10-27-11-9-22)19(26)18-14-2-1-3-15(14)20-21-18/h13,16H,1-12H2,(H,20,21)(H,24,25)/t13-,16+/m1/s1. The number of nitrogens with one attached hydrogen (secondary N) is 1. The number of carbonyl (C=O) groups excluding carboxylic acids is 1. The summed E-state index contributed by atoms with van der Waals surface area (Å²) in [5.41, 5.74) is 2.76. The van der Waals surface area contributed by atoms with E-state index in [2.05, 4.69) is 15.1 Å². The molecule has 3 heterocycles. The molecule has 27 heavy (non-hydrogen) atoms. The molecule has 4 rings (SSSR count). The van der Waals surface area contributed by atoms with Crippen LogP contribution in [-0.2, 0) is 22.4 Å². The first-order valence-electron chi connectivity index (χ1n) is 10.0. The van der Waals surface area contributed by atoms with Crippen LogP contribution in [-0.4, -0.2) is 82.4 Å². The smallest absolute Gasteiger partial charge is 0.303 e. The number of piperidine rings is 1. The lowest BCUT2D eigenvalue weighted by Crippen LogP contribution is -2.55. The molecular formula is C19H28N4O4. The van der Waals surface area contributed by atoms with Crippen molar-refractivity contribution in [2.75, 3.05) is 39.4 Å². The molecule has 0 bridgehead atoms. The maximum atomic E-state index is 13.1. The molecule has 0 saturated carbocycles. The number of carboxylic acids is 1. The van der Waals surface area contributed by atoms with E-state index in [1.807, 2.05) is 4.90 Å². The first kappa shape index (κ1) is 18.4. The lowest BCUT2D eigenvalue weighted by molar-refractivity contribution is -0.137. The highest BCUT2D eigenvalue weighted by Crippen LogP contribution is 2.29. The number of nitrogens with zero attached hydrogens (tertiary/aromatic N) is 3. The quantitative estimate of drug-likeness (QED) is 0.793. The highest BCUT2D eigenvalue weighted by molar-refractivity contribution is 5.94. The summed E-state index contributed by atoms with van der Waals surface area (Å²) in [4.78, 5) is 28.5. The number of rotatable bonds is 5. The SMILES string of the molecule is O=C(O)CC[C@@H]1CN(C(=O)c2n[nH]c3c2CCC3)CC[C@@H]1N1CCOCC1. The molecule has 1 aliphatic carbocycles. The fourth-order valence-corrected chi connectivity index (χ4v) is 4.83. The van der Waals surface area contributed by atoms with E-state index in [0.717, 1.165) is 63.2 Å². The van der Waals surface area contributed by atoms with Crippen LogP contribution in [0.25, 0.3) is 0 Å². The third kappa shape index (κ3) is 3.87. The molecule has 0 spiro atoms. The number of fused-ring (bicyclic) bond motifs is 1. The van der Waals surface area contributed by atoms with Crippen LogP contribution in [0.5, 0.6) is 0 Å². The molecule has 2 aliphatic heterocycles. The molecule has 1 amide bonds. The van der Waals surface area contributed by atoms with Gasteiger partial charge in [-0.2, -0.15) is 5.10 Å². The van der Waals surface area contributed by atoms with Crippen LogP contribution in [0.2, 0.25) is 0 Å². The minimum atomic E-state index is -0.774. The van der Waals surface area contributed by atoms with Crippen molar-refractivity contribution >= 4 is 11.9 Å². The number of aromatic amines is 1. The maximum Gasteiger partial charge on any atom is 0.303 e. The van der Waals surface area contributed by atoms with E-state index < -0.39 is 5.97 Å². The second-order valence-electron chi connectivity index (χ2n) is 7.83. The van der Waals surface area contributed by atoms with E-state index in [0.29, 0.717) is 31.2 Å². The third-order valence-electron chi connectivity index (χ3n) is 6.23. The Morgan fingerprint density at radius 3 is 2.81 bits per heavy atom. The number of aliphatic carboxylic acids is 1. The highest BCUT2D eigenvalue weighted by Gasteiger charge is 2.37. The number of H-pyrrole nitrogens is 1. The number of hydrogen-bond donors (Lipinski definition) is 2. The van der Waals surface area contributed by atoms with Gasteiger partial charge in [0.2, 0.25) is 0 Å². The number of carboxylic acid groups (broad SMARTS) is 1. The molecule has 8 nitrogen and oxygen atoms in total. The van der Waals surface area contributed by atoms with Gasteiger partial charge in [-0.25, -0.2) is 0 Å². The lowest BCUT2D eigenvalue weighted by atomic mass is 9.86. The number of ether oxygens (including phenoxy) is 1. The minimum absolute atomic E-state index is 0.00449. The van der Waals surface area contributed by atoms with Gasteiger partial charge in [-0.1, -0.05) is 0 Å². The fourth-order valence-electron chi connectivity index (χ4n) is 4.83. The van der Waals surface area contributed by atoms with Crippen molar-refractivity contribution in [1.29, 1.82) is 0 Å². The average Bonchev–Trinajstić information content (AvgIpc) is 3.30. The number of carbonyl (C=O) groups is 2. The second kappa shape index (κ2) is 7.98. The van der Waals surface area contributed by atoms with Gasteiger partial charge in [0.15, 0.2) is 5.69 Å². The first-order chi connectivity index (χ1) is 13.1. The lowest BCUT2D eigenvalue weighted by Gasteiger charge is -2.45. The van der Waals surface area contributed by atoms with E-state index in [4.69, 9.17) is 9.84 Å². The van der Waals surface area contributed by atoms with Crippen molar-refractivity contribution in [3.05, 3.63) is 17.0 Å². The average molecular weight is 376 g/mol. The van der Waals surface area contributed by atoms with Gasteiger partial charge in [0, 0.05) is 49.9 Å². The summed E-state index contributed by atoms with van der Waals surface area (Å²) in [5, 5.41) is 16.4. The van der Waals surface area contributed by atoms with Crippen LogP contribution in [0.1, 0.15) is 47.4 Å². The summed E-state index contributed by atoms with van der Waals surface area (Å²) in [6, 6.07) is 0.321. The Hall–Kier alpha value is -1.93. The summed E-state index contributed by atoms with van der Waals surface area (Å²) in [7, 11) is 0. The Labute approximate surface area is 158 Å². The first-order valence-corrected chi connectivity index (χ1v) is 10.0. The van der Waals surface area contributed by atoms with E-state index in [1.54, 1.807) is 0 Å². The number of aromatic nitrogens is 2. The monoisotopic (exact) mass is 376 g/mol.